The first-order valence-electron chi connectivity index (χ1n) is 9.27. The zero-order chi connectivity index (χ0) is 19.8. The van der Waals surface area contributed by atoms with Gasteiger partial charge in [0.2, 0.25) is 0 Å². The standard InChI is InChI=1S/C22H21FN4O/c1-13(2)17-6-4-5-7-18(17)20-24-12-19-21(26-20)27(22(28)25-19)14(3)15-8-10-16(23)11-9-15/h4-14H,1-3H3,(H,25,28). The second-order valence-electron chi connectivity index (χ2n) is 7.20. The summed E-state index contributed by atoms with van der Waals surface area (Å²) in [6.45, 7) is 6.14. The van der Waals surface area contributed by atoms with Crippen LogP contribution in [0.3, 0.4) is 0 Å². The molecule has 0 aliphatic rings. The van der Waals surface area contributed by atoms with Crippen LogP contribution in [0.4, 0.5) is 4.39 Å². The first kappa shape index (κ1) is 18.1. The zero-order valence-corrected chi connectivity index (χ0v) is 16.0. The summed E-state index contributed by atoms with van der Waals surface area (Å²) in [7, 11) is 0. The van der Waals surface area contributed by atoms with Crippen molar-refractivity contribution >= 4 is 11.2 Å². The molecule has 0 radical (unpaired) electrons. The number of aromatic nitrogens is 4. The van der Waals surface area contributed by atoms with Crippen molar-refractivity contribution in [2.75, 3.05) is 0 Å². The van der Waals surface area contributed by atoms with Gasteiger partial charge in [-0.2, -0.15) is 0 Å². The summed E-state index contributed by atoms with van der Waals surface area (Å²) in [5, 5.41) is 0. The minimum absolute atomic E-state index is 0.268. The largest absolute Gasteiger partial charge is 0.328 e. The molecule has 0 aliphatic heterocycles. The summed E-state index contributed by atoms with van der Waals surface area (Å²) in [6, 6.07) is 13.9. The highest BCUT2D eigenvalue weighted by Gasteiger charge is 2.18. The lowest BCUT2D eigenvalue weighted by Gasteiger charge is -2.14. The minimum Gasteiger partial charge on any atom is -0.303 e. The maximum Gasteiger partial charge on any atom is 0.328 e. The van der Waals surface area contributed by atoms with E-state index in [1.54, 1.807) is 22.9 Å². The number of hydrogen-bond donors (Lipinski definition) is 1. The van der Waals surface area contributed by atoms with Crippen LogP contribution in [-0.2, 0) is 0 Å². The number of rotatable bonds is 4. The Morgan fingerprint density at radius 2 is 1.75 bits per heavy atom. The third kappa shape index (κ3) is 3.11. The number of hydrogen-bond acceptors (Lipinski definition) is 3. The van der Waals surface area contributed by atoms with Gasteiger partial charge in [-0.15, -0.1) is 0 Å². The molecule has 28 heavy (non-hydrogen) atoms. The highest BCUT2D eigenvalue weighted by molar-refractivity contribution is 5.74. The van der Waals surface area contributed by atoms with Crippen LogP contribution in [0.15, 0.2) is 59.5 Å². The van der Waals surface area contributed by atoms with Crippen molar-refractivity contribution in [3.63, 3.8) is 0 Å². The second-order valence-corrected chi connectivity index (χ2v) is 7.20. The number of halogens is 1. The highest BCUT2D eigenvalue weighted by atomic mass is 19.1. The van der Waals surface area contributed by atoms with Crippen LogP contribution in [0, 0.1) is 5.82 Å². The van der Waals surface area contributed by atoms with Crippen molar-refractivity contribution in [3.05, 3.63) is 82.2 Å². The fourth-order valence-electron chi connectivity index (χ4n) is 3.50. The molecule has 142 valence electrons. The maximum atomic E-state index is 13.3. The van der Waals surface area contributed by atoms with Crippen molar-refractivity contribution < 1.29 is 4.39 Å². The number of nitrogens with one attached hydrogen (secondary N) is 1. The van der Waals surface area contributed by atoms with Crippen molar-refractivity contribution in [2.24, 2.45) is 0 Å². The van der Waals surface area contributed by atoms with Gasteiger partial charge < -0.3 is 4.98 Å². The van der Waals surface area contributed by atoms with Gasteiger partial charge in [0.25, 0.3) is 0 Å². The summed E-state index contributed by atoms with van der Waals surface area (Å²) < 4.78 is 14.9. The van der Waals surface area contributed by atoms with Gasteiger partial charge in [-0.3, -0.25) is 4.57 Å². The summed E-state index contributed by atoms with van der Waals surface area (Å²) in [6.07, 6.45) is 1.64. The van der Waals surface area contributed by atoms with E-state index in [0.29, 0.717) is 22.9 Å². The van der Waals surface area contributed by atoms with Crippen LogP contribution in [0.1, 0.15) is 43.9 Å². The van der Waals surface area contributed by atoms with Crippen LogP contribution >= 0.6 is 0 Å². The third-order valence-corrected chi connectivity index (χ3v) is 5.02. The number of fused-ring (bicyclic) bond motifs is 1. The van der Waals surface area contributed by atoms with E-state index in [9.17, 15) is 9.18 Å². The topological polar surface area (TPSA) is 63.6 Å². The van der Waals surface area contributed by atoms with Gasteiger partial charge in [0.1, 0.15) is 11.3 Å². The van der Waals surface area contributed by atoms with Crippen LogP contribution in [0.5, 0.6) is 0 Å². The molecule has 4 aromatic rings. The van der Waals surface area contributed by atoms with Crippen molar-refractivity contribution in [1.82, 2.24) is 19.5 Å². The van der Waals surface area contributed by atoms with E-state index in [1.165, 1.54) is 12.1 Å². The molecule has 0 saturated heterocycles. The molecule has 1 unspecified atom stereocenters. The Hall–Kier alpha value is -3.28. The van der Waals surface area contributed by atoms with Gasteiger partial charge in [0, 0.05) is 5.56 Å². The van der Waals surface area contributed by atoms with Crippen LogP contribution < -0.4 is 5.69 Å². The first-order chi connectivity index (χ1) is 13.5. The summed E-state index contributed by atoms with van der Waals surface area (Å²) >= 11 is 0. The molecule has 0 aliphatic carbocycles. The molecule has 1 atom stereocenters. The first-order valence-corrected chi connectivity index (χ1v) is 9.27. The van der Waals surface area contributed by atoms with Gasteiger partial charge in [0.15, 0.2) is 11.5 Å². The Kier molecular flexibility index (Phi) is 4.55. The van der Waals surface area contributed by atoms with E-state index < -0.39 is 0 Å². The summed E-state index contributed by atoms with van der Waals surface area (Å²) in [5.41, 5.74) is 3.77. The van der Waals surface area contributed by atoms with Gasteiger partial charge >= 0.3 is 5.69 Å². The molecule has 6 heteroatoms. The Labute approximate surface area is 161 Å². The second kappa shape index (κ2) is 7.03. The van der Waals surface area contributed by atoms with Crippen molar-refractivity contribution in [2.45, 2.75) is 32.7 Å². The molecule has 2 heterocycles. The quantitative estimate of drug-likeness (QED) is 0.563. The molecule has 5 nitrogen and oxygen atoms in total. The minimum atomic E-state index is -0.308. The van der Waals surface area contributed by atoms with Gasteiger partial charge in [-0.1, -0.05) is 50.2 Å². The lowest BCUT2D eigenvalue weighted by Crippen LogP contribution is -2.21. The molecule has 1 N–H and O–H groups in total. The lowest BCUT2D eigenvalue weighted by molar-refractivity contribution is 0.612. The predicted octanol–water partition coefficient (Wildman–Crippen LogP) is 4.66. The van der Waals surface area contributed by atoms with Crippen LogP contribution in [0.2, 0.25) is 0 Å². The molecule has 4 rings (SSSR count). The monoisotopic (exact) mass is 376 g/mol. The molecule has 0 fully saturated rings. The molecule has 0 spiro atoms. The van der Waals surface area contributed by atoms with Crippen molar-refractivity contribution in [1.29, 1.82) is 0 Å². The van der Waals surface area contributed by atoms with Crippen molar-refractivity contribution in [3.8, 4) is 11.4 Å². The van der Waals surface area contributed by atoms with E-state index in [-0.39, 0.29) is 17.5 Å². The Morgan fingerprint density at radius 3 is 2.46 bits per heavy atom. The van der Waals surface area contributed by atoms with E-state index in [0.717, 1.165) is 16.7 Å². The average molecular weight is 376 g/mol. The Balaban J connectivity index is 1.88. The van der Waals surface area contributed by atoms with Gasteiger partial charge in [-0.25, -0.2) is 19.2 Å². The van der Waals surface area contributed by atoms with Crippen LogP contribution in [0.25, 0.3) is 22.6 Å². The van der Waals surface area contributed by atoms with E-state index >= 15 is 0 Å². The summed E-state index contributed by atoms with van der Waals surface area (Å²) in [5.74, 6) is 0.593. The summed E-state index contributed by atoms with van der Waals surface area (Å²) in [4.78, 5) is 24.6. The molecule has 0 saturated carbocycles. The fraction of sp³-hybridized carbons (Fsp3) is 0.227. The highest BCUT2D eigenvalue weighted by Crippen LogP contribution is 2.28. The maximum absolute atomic E-state index is 13.3. The number of nitrogens with zero attached hydrogens (tertiary/aromatic N) is 3. The van der Waals surface area contributed by atoms with E-state index in [1.807, 2.05) is 25.1 Å². The van der Waals surface area contributed by atoms with Gasteiger partial charge in [0.05, 0.1) is 12.2 Å². The molecule has 2 aromatic carbocycles. The molecule has 0 amide bonds. The Morgan fingerprint density at radius 1 is 1.04 bits per heavy atom. The number of aromatic amines is 1. The average Bonchev–Trinajstić information content (AvgIpc) is 3.02. The third-order valence-electron chi connectivity index (χ3n) is 5.02. The molecular formula is C22H21FN4O. The number of imidazole rings is 1. The normalized spacial score (nSPS) is 12.6. The lowest BCUT2D eigenvalue weighted by atomic mass is 9.97. The predicted molar refractivity (Wildman–Crippen MR) is 108 cm³/mol. The molecular weight excluding hydrogens is 355 g/mol. The fourth-order valence-corrected chi connectivity index (χ4v) is 3.50. The molecule has 2 aromatic heterocycles. The number of benzene rings is 2. The molecule has 0 bridgehead atoms. The SMILES string of the molecule is CC(C)c1ccccc1-c1ncc2[nH]c(=O)n(C(C)c3ccc(F)cc3)c2n1. The number of H-pyrrole nitrogens is 1. The Bertz CT molecular complexity index is 1190. The van der Waals surface area contributed by atoms with E-state index in [2.05, 4.69) is 29.9 Å². The smallest absolute Gasteiger partial charge is 0.303 e. The zero-order valence-electron chi connectivity index (χ0n) is 16.0. The van der Waals surface area contributed by atoms with Gasteiger partial charge in [-0.05, 0) is 36.1 Å². The van der Waals surface area contributed by atoms with E-state index in [4.69, 9.17) is 4.98 Å². The van der Waals surface area contributed by atoms with Crippen LogP contribution in [-0.4, -0.2) is 19.5 Å².